The number of nitrogens with zero attached hydrogens (tertiary/aromatic N) is 2. The zero-order valence-corrected chi connectivity index (χ0v) is 15.7. The average Bonchev–Trinajstić information content (AvgIpc) is 3.01. The van der Waals surface area contributed by atoms with Crippen molar-refractivity contribution in [3.63, 3.8) is 0 Å². The summed E-state index contributed by atoms with van der Waals surface area (Å²) in [5, 5.41) is 3.52. The molecular formula is C20H22ClN3O2. The molecule has 1 amide bonds. The van der Waals surface area contributed by atoms with Crippen LogP contribution in [-0.4, -0.2) is 22.6 Å². The third-order valence-electron chi connectivity index (χ3n) is 4.31. The summed E-state index contributed by atoms with van der Waals surface area (Å²) in [4.78, 5) is 15.5. The van der Waals surface area contributed by atoms with Gasteiger partial charge in [-0.2, -0.15) is 0 Å². The quantitative estimate of drug-likeness (QED) is 0.475. The van der Waals surface area contributed by atoms with Crippen molar-refractivity contribution >= 4 is 29.0 Å². The topological polar surface area (TPSA) is 56.1 Å². The maximum absolute atomic E-state index is 10.8. The maximum Gasteiger partial charge on any atom is 0.207 e. The van der Waals surface area contributed by atoms with E-state index in [0.717, 1.165) is 46.2 Å². The molecule has 0 saturated heterocycles. The molecule has 1 N–H and O–H groups in total. The number of ether oxygens (including phenoxy) is 1. The van der Waals surface area contributed by atoms with Crippen LogP contribution in [0.3, 0.4) is 0 Å². The van der Waals surface area contributed by atoms with Crippen LogP contribution in [0.2, 0.25) is 5.02 Å². The van der Waals surface area contributed by atoms with E-state index in [1.54, 1.807) is 0 Å². The molecule has 1 aromatic heterocycles. The highest BCUT2D eigenvalue weighted by Gasteiger charge is 2.15. The van der Waals surface area contributed by atoms with Gasteiger partial charge in [0.25, 0.3) is 0 Å². The third kappa shape index (κ3) is 3.99. The molecule has 0 saturated carbocycles. The predicted molar refractivity (Wildman–Crippen MR) is 104 cm³/mol. The molecule has 0 spiro atoms. The summed E-state index contributed by atoms with van der Waals surface area (Å²) >= 11 is 6.04. The number of carbonyl (C=O) groups excluding carboxylic acids is 1. The van der Waals surface area contributed by atoms with Crippen molar-refractivity contribution in [2.24, 2.45) is 0 Å². The second-order valence-corrected chi connectivity index (χ2v) is 6.64. The molecule has 6 heteroatoms. The first-order valence-electron chi connectivity index (χ1n) is 8.64. The molecule has 0 bridgehead atoms. The minimum atomic E-state index is -0.153. The Morgan fingerprint density at radius 3 is 2.88 bits per heavy atom. The molecule has 0 aliphatic carbocycles. The fourth-order valence-electron chi connectivity index (χ4n) is 2.96. The second-order valence-electron chi connectivity index (χ2n) is 6.23. The summed E-state index contributed by atoms with van der Waals surface area (Å²) in [6.07, 6.45) is 1.53. The van der Waals surface area contributed by atoms with Crippen molar-refractivity contribution in [1.29, 1.82) is 0 Å². The number of amides is 1. The van der Waals surface area contributed by atoms with E-state index in [0.29, 0.717) is 13.0 Å². The smallest absolute Gasteiger partial charge is 0.207 e. The number of para-hydroxylation sites is 2. The molecule has 1 unspecified atom stereocenters. The SMILES string of the molecule is Cc1cc(OCCCn2c(C(C)NC=O)nc3ccccc32)ccc1Cl. The highest BCUT2D eigenvalue weighted by atomic mass is 35.5. The van der Waals surface area contributed by atoms with Gasteiger partial charge in [-0.3, -0.25) is 4.79 Å². The van der Waals surface area contributed by atoms with Gasteiger partial charge in [0.05, 0.1) is 23.7 Å². The number of rotatable bonds is 8. The van der Waals surface area contributed by atoms with Crippen LogP contribution in [0.4, 0.5) is 0 Å². The van der Waals surface area contributed by atoms with Crippen LogP contribution >= 0.6 is 11.6 Å². The van der Waals surface area contributed by atoms with Crippen molar-refractivity contribution in [2.75, 3.05) is 6.61 Å². The second kappa shape index (κ2) is 8.23. The van der Waals surface area contributed by atoms with Crippen LogP contribution in [0.15, 0.2) is 42.5 Å². The number of imidazole rings is 1. The number of carbonyl (C=O) groups is 1. The van der Waals surface area contributed by atoms with E-state index < -0.39 is 0 Å². The van der Waals surface area contributed by atoms with Crippen LogP contribution < -0.4 is 10.1 Å². The lowest BCUT2D eigenvalue weighted by atomic mass is 10.2. The molecule has 2 aromatic carbocycles. The molecule has 3 rings (SSSR count). The molecule has 3 aromatic rings. The van der Waals surface area contributed by atoms with Crippen LogP contribution in [0.5, 0.6) is 5.75 Å². The third-order valence-corrected chi connectivity index (χ3v) is 4.74. The number of aryl methyl sites for hydroxylation is 2. The van der Waals surface area contributed by atoms with Gasteiger partial charge >= 0.3 is 0 Å². The molecule has 0 radical (unpaired) electrons. The number of benzene rings is 2. The van der Waals surface area contributed by atoms with E-state index in [2.05, 4.69) is 14.9 Å². The number of aromatic nitrogens is 2. The average molecular weight is 372 g/mol. The lowest BCUT2D eigenvalue weighted by Gasteiger charge is -2.14. The summed E-state index contributed by atoms with van der Waals surface area (Å²) in [5.74, 6) is 1.67. The van der Waals surface area contributed by atoms with Gasteiger partial charge in [-0.05, 0) is 56.2 Å². The van der Waals surface area contributed by atoms with Crippen LogP contribution in [0.1, 0.15) is 30.8 Å². The van der Waals surface area contributed by atoms with Crippen LogP contribution in [-0.2, 0) is 11.3 Å². The lowest BCUT2D eigenvalue weighted by molar-refractivity contribution is -0.110. The van der Waals surface area contributed by atoms with E-state index in [1.807, 2.05) is 56.3 Å². The standard InChI is InChI=1S/C20H22ClN3O2/c1-14-12-16(8-9-17(14)21)26-11-5-10-24-19-7-4-3-6-18(19)23-20(24)15(2)22-13-25/h3-4,6-9,12-13,15H,5,10-11H2,1-2H3,(H,22,25). The van der Waals surface area contributed by atoms with Gasteiger partial charge in [0.15, 0.2) is 0 Å². The van der Waals surface area contributed by atoms with Gasteiger partial charge < -0.3 is 14.6 Å². The summed E-state index contributed by atoms with van der Waals surface area (Å²) in [5.41, 5.74) is 2.99. The summed E-state index contributed by atoms with van der Waals surface area (Å²) in [6.45, 7) is 5.23. The fraction of sp³-hybridized carbons (Fsp3) is 0.300. The van der Waals surface area contributed by atoms with Crippen molar-refractivity contribution in [1.82, 2.24) is 14.9 Å². The molecule has 136 valence electrons. The molecule has 1 heterocycles. The molecule has 0 aliphatic rings. The first-order valence-corrected chi connectivity index (χ1v) is 9.01. The van der Waals surface area contributed by atoms with Gasteiger partial charge in [0, 0.05) is 11.6 Å². The Balaban J connectivity index is 1.70. The zero-order valence-electron chi connectivity index (χ0n) is 14.9. The Kier molecular flexibility index (Phi) is 5.78. The highest BCUT2D eigenvalue weighted by Crippen LogP contribution is 2.23. The Morgan fingerprint density at radius 2 is 2.12 bits per heavy atom. The normalized spacial score (nSPS) is 12.1. The van der Waals surface area contributed by atoms with Crippen LogP contribution in [0.25, 0.3) is 11.0 Å². The Hall–Kier alpha value is -2.53. The van der Waals surface area contributed by atoms with Crippen molar-refractivity contribution < 1.29 is 9.53 Å². The Bertz CT molecular complexity index is 907. The van der Waals surface area contributed by atoms with E-state index in [1.165, 1.54) is 0 Å². The highest BCUT2D eigenvalue weighted by molar-refractivity contribution is 6.31. The van der Waals surface area contributed by atoms with E-state index >= 15 is 0 Å². The maximum atomic E-state index is 10.8. The number of halogens is 1. The first-order chi connectivity index (χ1) is 12.6. The van der Waals surface area contributed by atoms with Crippen LogP contribution in [0, 0.1) is 6.92 Å². The van der Waals surface area contributed by atoms with Crippen molar-refractivity contribution in [2.45, 2.75) is 32.9 Å². The number of fused-ring (bicyclic) bond motifs is 1. The molecule has 0 fully saturated rings. The summed E-state index contributed by atoms with van der Waals surface area (Å²) in [6, 6.07) is 13.5. The zero-order chi connectivity index (χ0) is 18.5. The molecule has 1 atom stereocenters. The monoisotopic (exact) mass is 371 g/mol. The first kappa shape index (κ1) is 18.3. The van der Waals surface area contributed by atoms with Gasteiger partial charge in [0.2, 0.25) is 6.41 Å². The summed E-state index contributed by atoms with van der Waals surface area (Å²) < 4.78 is 7.98. The van der Waals surface area contributed by atoms with E-state index in [9.17, 15) is 4.79 Å². The molecule has 0 aliphatic heterocycles. The Labute approximate surface area is 157 Å². The molecular weight excluding hydrogens is 350 g/mol. The van der Waals surface area contributed by atoms with Gasteiger partial charge in [-0.25, -0.2) is 4.98 Å². The van der Waals surface area contributed by atoms with Crippen molar-refractivity contribution in [3.8, 4) is 5.75 Å². The minimum Gasteiger partial charge on any atom is -0.494 e. The predicted octanol–water partition coefficient (Wildman–Crippen LogP) is 4.27. The van der Waals surface area contributed by atoms with Gasteiger partial charge in [-0.1, -0.05) is 23.7 Å². The number of hydrogen-bond acceptors (Lipinski definition) is 3. The van der Waals surface area contributed by atoms with Gasteiger partial charge in [-0.15, -0.1) is 0 Å². The minimum absolute atomic E-state index is 0.153. The van der Waals surface area contributed by atoms with E-state index in [-0.39, 0.29) is 6.04 Å². The Morgan fingerprint density at radius 1 is 1.31 bits per heavy atom. The largest absolute Gasteiger partial charge is 0.494 e. The molecule has 5 nitrogen and oxygen atoms in total. The van der Waals surface area contributed by atoms with Gasteiger partial charge in [0.1, 0.15) is 11.6 Å². The number of nitrogens with one attached hydrogen (secondary N) is 1. The molecule has 26 heavy (non-hydrogen) atoms. The fourth-order valence-corrected chi connectivity index (χ4v) is 3.07. The van der Waals surface area contributed by atoms with E-state index in [4.69, 9.17) is 16.3 Å². The summed E-state index contributed by atoms with van der Waals surface area (Å²) in [7, 11) is 0. The van der Waals surface area contributed by atoms with Crippen molar-refractivity contribution in [3.05, 3.63) is 58.9 Å². The number of hydrogen-bond donors (Lipinski definition) is 1. The lowest BCUT2D eigenvalue weighted by Crippen LogP contribution is -2.21.